The Morgan fingerprint density at radius 2 is 1.12 bits per heavy atom. The minimum Gasteiger partial charge on any atom is -0.486 e. The van der Waals surface area contributed by atoms with E-state index in [1.165, 1.54) is 0 Å². The highest BCUT2D eigenvalue weighted by molar-refractivity contribution is 5.73. The van der Waals surface area contributed by atoms with Gasteiger partial charge < -0.3 is 29.6 Å². The fourth-order valence-electron chi connectivity index (χ4n) is 2.82. The zero-order chi connectivity index (χ0) is 17.8. The van der Waals surface area contributed by atoms with Crippen LogP contribution in [0.2, 0.25) is 0 Å². The van der Waals surface area contributed by atoms with Crippen molar-refractivity contribution in [2.75, 3.05) is 26.4 Å². The van der Waals surface area contributed by atoms with Crippen LogP contribution in [0.1, 0.15) is 11.1 Å². The first-order chi connectivity index (χ1) is 12.8. The summed E-state index contributed by atoms with van der Waals surface area (Å²) < 4.78 is 22.1. The van der Waals surface area contributed by atoms with Crippen LogP contribution in [0, 0.1) is 0 Å². The molecule has 0 bridgehead atoms. The number of carbonyl (C=O) groups is 1. The van der Waals surface area contributed by atoms with E-state index in [0.29, 0.717) is 51.0 Å². The Kier molecular flexibility index (Phi) is 4.68. The summed E-state index contributed by atoms with van der Waals surface area (Å²) in [6.45, 7) is 3.02. The van der Waals surface area contributed by atoms with Crippen LogP contribution < -0.4 is 29.6 Å². The molecule has 2 amide bonds. The number of ether oxygens (including phenoxy) is 4. The van der Waals surface area contributed by atoms with Crippen LogP contribution in [0.25, 0.3) is 0 Å². The van der Waals surface area contributed by atoms with E-state index in [0.717, 1.165) is 22.6 Å². The molecule has 2 aromatic carbocycles. The van der Waals surface area contributed by atoms with E-state index >= 15 is 0 Å². The van der Waals surface area contributed by atoms with E-state index in [1.807, 2.05) is 36.4 Å². The first kappa shape index (κ1) is 16.4. The highest BCUT2D eigenvalue weighted by atomic mass is 16.6. The summed E-state index contributed by atoms with van der Waals surface area (Å²) in [5.41, 5.74) is 1.90. The number of urea groups is 1. The molecule has 2 aliphatic rings. The lowest BCUT2D eigenvalue weighted by Gasteiger charge is -2.19. The lowest BCUT2D eigenvalue weighted by Crippen LogP contribution is -2.34. The van der Waals surface area contributed by atoms with Gasteiger partial charge in [0.2, 0.25) is 0 Å². The molecule has 26 heavy (non-hydrogen) atoms. The Hall–Kier alpha value is -3.09. The van der Waals surface area contributed by atoms with Gasteiger partial charge in [-0.3, -0.25) is 0 Å². The second-order valence-corrected chi connectivity index (χ2v) is 5.99. The summed E-state index contributed by atoms with van der Waals surface area (Å²) >= 11 is 0. The maximum Gasteiger partial charge on any atom is 0.315 e. The fraction of sp³-hybridized carbons (Fsp3) is 0.316. The monoisotopic (exact) mass is 356 g/mol. The lowest BCUT2D eigenvalue weighted by molar-refractivity contribution is 0.171. The molecule has 0 aliphatic carbocycles. The molecule has 2 aromatic rings. The zero-order valence-electron chi connectivity index (χ0n) is 14.2. The molecule has 2 N–H and O–H groups in total. The van der Waals surface area contributed by atoms with Crippen molar-refractivity contribution >= 4 is 6.03 Å². The van der Waals surface area contributed by atoms with Crippen molar-refractivity contribution in [1.82, 2.24) is 10.6 Å². The van der Waals surface area contributed by atoms with E-state index < -0.39 is 0 Å². The quantitative estimate of drug-likeness (QED) is 0.878. The first-order valence-corrected chi connectivity index (χ1v) is 8.57. The topological polar surface area (TPSA) is 78.1 Å². The largest absolute Gasteiger partial charge is 0.486 e. The molecule has 136 valence electrons. The predicted octanol–water partition coefficient (Wildman–Crippen LogP) is 2.23. The van der Waals surface area contributed by atoms with Gasteiger partial charge in [-0.15, -0.1) is 0 Å². The third-order valence-electron chi connectivity index (χ3n) is 4.12. The van der Waals surface area contributed by atoms with Crippen molar-refractivity contribution in [3.8, 4) is 23.0 Å². The summed E-state index contributed by atoms with van der Waals surface area (Å²) in [4.78, 5) is 12.0. The van der Waals surface area contributed by atoms with Gasteiger partial charge in [0.1, 0.15) is 26.4 Å². The number of fused-ring (bicyclic) bond motifs is 2. The van der Waals surface area contributed by atoms with Gasteiger partial charge in [0, 0.05) is 13.1 Å². The van der Waals surface area contributed by atoms with Gasteiger partial charge in [0.25, 0.3) is 0 Å². The van der Waals surface area contributed by atoms with Crippen LogP contribution in [0.4, 0.5) is 4.79 Å². The zero-order valence-corrected chi connectivity index (χ0v) is 14.2. The first-order valence-electron chi connectivity index (χ1n) is 8.57. The summed E-state index contributed by atoms with van der Waals surface area (Å²) in [7, 11) is 0. The minimum absolute atomic E-state index is 0.241. The molecule has 4 rings (SSSR count). The summed E-state index contributed by atoms with van der Waals surface area (Å²) in [5.74, 6) is 2.91. The van der Waals surface area contributed by atoms with Crippen LogP contribution in [0.5, 0.6) is 23.0 Å². The third kappa shape index (κ3) is 3.77. The Morgan fingerprint density at radius 3 is 1.58 bits per heavy atom. The molecular weight excluding hydrogens is 336 g/mol. The molecule has 0 saturated carbocycles. The van der Waals surface area contributed by atoms with Crippen molar-refractivity contribution in [3.05, 3.63) is 47.5 Å². The second-order valence-electron chi connectivity index (χ2n) is 5.99. The highest BCUT2D eigenvalue weighted by Gasteiger charge is 2.13. The SMILES string of the molecule is O=C(NCc1ccc2c(c1)OCCO2)NCc1ccc2c(c1)OCCO2. The number of hydrogen-bond acceptors (Lipinski definition) is 5. The number of benzene rings is 2. The second kappa shape index (κ2) is 7.43. The normalized spacial score (nSPS) is 14.5. The van der Waals surface area contributed by atoms with Crippen LogP contribution in [0.15, 0.2) is 36.4 Å². The Balaban J connectivity index is 1.28. The molecule has 0 unspecified atom stereocenters. The summed E-state index contributed by atoms with van der Waals surface area (Å²) in [5, 5.41) is 5.67. The lowest BCUT2D eigenvalue weighted by atomic mass is 10.2. The van der Waals surface area contributed by atoms with E-state index in [4.69, 9.17) is 18.9 Å². The molecular formula is C19H20N2O5. The standard InChI is InChI=1S/C19H20N2O5/c22-19(20-11-13-1-3-15-17(9-13)25-7-5-23-15)21-12-14-2-4-16-18(10-14)26-8-6-24-16/h1-4,9-10H,5-8,11-12H2,(H2,20,21,22). The van der Waals surface area contributed by atoms with Gasteiger partial charge in [-0.2, -0.15) is 0 Å². The molecule has 0 atom stereocenters. The number of hydrogen-bond donors (Lipinski definition) is 2. The van der Waals surface area contributed by atoms with Gasteiger partial charge in [-0.1, -0.05) is 12.1 Å². The number of amides is 2. The van der Waals surface area contributed by atoms with E-state index in [9.17, 15) is 4.79 Å². The summed E-state index contributed by atoms with van der Waals surface area (Å²) in [6, 6.07) is 11.1. The summed E-state index contributed by atoms with van der Waals surface area (Å²) in [6.07, 6.45) is 0. The number of carbonyl (C=O) groups excluding carboxylic acids is 1. The van der Waals surface area contributed by atoms with Crippen molar-refractivity contribution in [1.29, 1.82) is 0 Å². The van der Waals surface area contributed by atoms with Crippen LogP contribution in [-0.2, 0) is 13.1 Å². The smallest absolute Gasteiger partial charge is 0.315 e. The highest BCUT2D eigenvalue weighted by Crippen LogP contribution is 2.31. The number of nitrogens with one attached hydrogen (secondary N) is 2. The Morgan fingerprint density at radius 1 is 0.692 bits per heavy atom. The molecule has 0 fully saturated rings. The van der Waals surface area contributed by atoms with Crippen LogP contribution in [-0.4, -0.2) is 32.5 Å². The van der Waals surface area contributed by atoms with Crippen molar-refractivity contribution < 1.29 is 23.7 Å². The van der Waals surface area contributed by atoms with E-state index in [2.05, 4.69) is 10.6 Å². The van der Waals surface area contributed by atoms with E-state index in [-0.39, 0.29) is 6.03 Å². The van der Waals surface area contributed by atoms with Gasteiger partial charge in [-0.25, -0.2) is 4.79 Å². The Bertz CT molecular complexity index is 743. The molecule has 2 heterocycles. The average Bonchev–Trinajstić information content (AvgIpc) is 2.70. The van der Waals surface area contributed by atoms with E-state index in [1.54, 1.807) is 0 Å². The van der Waals surface area contributed by atoms with Crippen molar-refractivity contribution in [2.45, 2.75) is 13.1 Å². The average molecular weight is 356 g/mol. The molecule has 0 radical (unpaired) electrons. The predicted molar refractivity (Wildman–Crippen MR) is 93.9 cm³/mol. The maximum atomic E-state index is 12.0. The maximum absolute atomic E-state index is 12.0. The molecule has 7 heteroatoms. The van der Waals surface area contributed by atoms with Gasteiger partial charge >= 0.3 is 6.03 Å². The Labute approximate surface area is 151 Å². The minimum atomic E-state index is -0.241. The molecule has 7 nitrogen and oxygen atoms in total. The van der Waals surface area contributed by atoms with Crippen LogP contribution >= 0.6 is 0 Å². The molecule has 0 spiro atoms. The van der Waals surface area contributed by atoms with Crippen molar-refractivity contribution in [3.63, 3.8) is 0 Å². The third-order valence-corrected chi connectivity index (χ3v) is 4.12. The van der Waals surface area contributed by atoms with Gasteiger partial charge in [0.15, 0.2) is 23.0 Å². The van der Waals surface area contributed by atoms with Gasteiger partial charge in [0.05, 0.1) is 0 Å². The molecule has 0 saturated heterocycles. The van der Waals surface area contributed by atoms with Crippen LogP contribution in [0.3, 0.4) is 0 Å². The fourth-order valence-corrected chi connectivity index (χ4v) is 2.82. The van der Waals surface area contributed by atoms with Gasteiger partial charge in [-0.05, 0) is 35.4 Å². The van der Waals surface area contributed by atoms with Crippen molar-refractivity contribution in [2.24, 2.45) is 0 Å². The molecule has 0 aromatic heterocycles. The molecule has 2 aliphatic heterocycles. The number of rotatable bonds is 4.